The van der Waals surface area contributed by atoms with E-state index in [0.717, 1.165) is 25.7 Å². The topological polar surface area (TPSA) is 21.3 Å². The van der Waals surface area contributed by atoms with Gasteiger partial charge in [-0.3, -0.25) is 0 Å². The monoisotopic (exact) mass is 199 g/mol. The van der Waals surface area contributed by atoms with Crippen molar-refractivity contribution < 1.29 is 4.74 Å². The Bertz CT molecular complexity index is 145. The molecule has 1 fully saturated rings. The minimum atomic E-state index is 0.267. The van der Waals surface area contributed by atoms with E-state index in [4.69, 9.17) is 4.74 Å². The van der Waals surface area contributed by atoms with Crippen LogP contribution in [0.25, 0.3) is 0 Å². The molecule has 1 heterocycles. The number of ether oxygens (including phenoxy) is 1. The Morgan fingerprint density at radius 3 is 2.71 bits per heavy atom. The molecule has 0 aliphatic carbocycles. The number of hydrogen-bond acceptors (Lipinski definition) is 2. The van der Waals surface area contributed by atoms with Crippen LogP contribution in [0.2, 0.25) is 0 Å². The zero-order chi connectivity index (χ0) is 10.4. The third kappa shape index (κ3) is 5.61. The van der Waals surface area contributed by atoms with Gasteiger partial charge in [-0.2, -0.15) is 0 Å². The zero-order valence-electron chi connectivity index (χ0n) is 9.94. The third-order valence-corrected chi connectivity index (χ3v) is 2.70. The molecule has 1 unspecified atom stereocenters. The van der Waals surface area contributed by atoms with E-state index in [1.54, 1.807) is 0 Å². The summed E-state index contributed by atoms with van der Waals surface area (Å²) in [4.78, 5) is 0. The predicted molar refractivity (Wildman–Crippen MR) is 60.5 cm³/mol. The molecular formula is C12H25NO. The van der Waals surface area contributed by atoms with E-state index in [0.29, 0.717) is 0 Å². The molecule has 0 bridgehead atoms. The van der Waals surface area contributed by atoms with E-state index < -0.39 is 0 Å². The maximum Gasteiger partial charge on any atom is 0.0494 e. The van der Waals surface area contributed by atoms with Crippen LogP contribution in [0.4, 0.5) is 0 Å². The van der Waals surface area contributed by atoms with E-state index in [9.17, 15) is 0 Å². The molecule has 0 radical (unpaired) electrons. The average Bonchev–Trinajstić information content (AvgIpc) is 2.13. The second-order valence-electron chi connectivity index (χ2n) is 5.40. The molecule has 1 N–H and O–H groups in total. The lowest BCUT2D eigenvalue weighted by molar-refractivity contribution is 0.0508. The molecule has 14 heavy (non-hydrogen) atoms. The fourth-order valence-electron chi connectivity index (χ4n) is 1.89. The van der Waals surface area contributed by atoms with Gasteiger partial charge in [-0.05, 0) is 58.9 Å². The second kappa shape index (κ2) is 5.72. The summed E-state index contributed by atoms with van der Waals surface area (Å²) in [6, 6.07) is 0. The molecule has 0 saturated carbocycles. The molecule has 1 rings (SSSR count). The third-order valence-electron chi connectivity index (χ3n) is 2.70. The molecule has 0 aromatic heterocycles. The van der Waals surface area contributed by atoms with Gasteiger partial charge in [0, 0.05) is 18.8 Å². The summed E-state index contributed by atoms with van der Waals surface area (Å²) < 4.78 is 5.46. The molecule has 1 aliphatic heterocycles. The van der Waals surface area contributed by atoms with Crippen molar-refractivity contribution in [1.29, 1.82) is 0 Å². The van der Waals surface area contributed by atoms with Crippen LogP contribution in [0.5, 0.6) is 0 Å². The molecule has 0 aromatic carbocycles. The Kier molecular flexibility index (Phi) is 4.90. The van der Waals surface area contributed by atoms with Gasteiger partial charge in [0.1, 0.15) is 0 Å². The van der Waals surface area contributed by atoms with Crippen LogP contribution in [-0.4, -0.2) is 25.3 Å². The van der Waals surface area contributed by atoms with Crippen LogP contribution in [-0.2, 0) is 4.74 Å². The van der Waals surface area contributed by atoms with Gasteiger partial charge in [-0.1, -0.05) is 0 Å². The highest BCUT2D eigenvalue weighted by Crippen LogP contribution is 2.18. The first-order chi connectivity index (χ1) is 6.58. The Hall–Kier alpha value is -0.0800. The van der Waals surface area contributed by atoms with Crippen LogP contribution in [0.1, 0.15) is 46.5 Å². The molecule has 0 aromatic rings. The summed E-state index contributed by atoms with van der Waals surface area (Å²) in [5, 5.41) is 3.52. The van der Waals surface area contributed by atoms with Crippen molar-refractivity contribution in [2.75, 3.05) is 19.8 Å². The lowest BCUT2D eigenvalue weighted by atomic mass is 9.97. The quantitative estimate of drug-likeness (QED) is 0.703. The Balaban J connectivity index is 1.97. The first-order valence-electron chi connectivity index (χ1n) is 5.91. The smallest absolute Gasteiger partial charge is 0.0494 e. The minimum Gasteiger partial charge on any atom is -0.381 e. The molecule has 1 aliphatic rings. The fourth-order valence-corrected chi connectivity index (χ4v) is 1.89. The van der Waals surface area contributed by atoms with Crippen LogP contribution in [0.3, 0.4) is 0 Å². The Labute approximate surface area is 88.4 Å². The van der Waals surface area contributed by atoms with Gasteiger partial charge in [-0.15, -0.1) is 0 Å². The van der Waals surface area contributed by atoms with Crippen LogP contribution in [0, 0.1) is 5.92 Å². The van der Waals surface area contributed by atoms with E-state index in [-0.39, 0.29) is 5.54 Å². The van der Waals surface area contributed by atoms with Gasteiger partial charge in [0.2, 0.25) is 0 Å². The van der Waals surface area contributed by atoms with Crippen LogP contribution >= 0.6 is 0 Å². The number of rotatable bonds is 4. The molecule has 1 saturated heterocycles. The Morgan fingerprint density at radius 1 is 1.36 bits per heavy atom. The van der Waals surface area contributed by atoms with Crippen molar-refractivity contribution in [2.45, 2.75) is 52.0 Å². The fraction of sp³-hybridized carbons (Fsp3) is 1.00. The van der Waals surface area contributed by atoms with Crippen molar-refractivity contribution in [3.05, 3.63) is 0 Å². The first kappa shape index (κ1) is 12.0. The molecule has 0 spiro atoms. The lowest BCUT2D eigenvalue weighted by Gasteiger charge is -2.24. The van der Waals surface area contributed by atoms with Gasteiger partial charge < -0.3 is 10.1 Å². The molecule has 0 amide bonds. The SMILES string of the molecule is CC(C)(C)NCCCC1CCCOC1. The van der Waals surface area contributed by atoms with Crippen LogP contribution in [0.15, 0.2) is 0 Å². The highest BCUT2D eigenvalue weighted by atomic mass is 16.5. The molecule has 84 valence electrons. The van der Waals surface area contributed by atoms with E-state index in [2.05, 4.69) is 26.1 Å². The summed E-state index contributed by atoms with van der Waals surface area (Å²) in [5.74, 6) is 0.825. The van der Waals surface area contributed by atoms with E-state index in [1.807, 2.05) is 0 Å². The van der Waals surface area contributed by atoms with Crippen molar-refractivity contribution in [3.63, 3.8) is 0 Å². The van der Waals surface area contributed by atoms with Gasteiger partial charge in [-0.25, -0.2) is 0 Å². The molecule has 2 heteroatoms. The van der Waals surface area contributed by atoms with Gasteiger partial charge in [0.25, 0.3) is 0 Å². The Morgan fingerprint density at radius 2 is 2.14 bits per heavy atom. The predicted octanol–water partition coefficient (Wildman–Crippen LogP) is 2.58. The molecular weight excluding hydrogens is 174 g/mol. The zero-order valence-corrected chi connectivity index (χ0v) is 9.94. The lowest BCUT2D eigenvalue weighted by Crippen LogP contribution is -2.36. The van der Waals surface area contributed by atoms with Gasteiger partial charge in [0.15, 0.2) is 0 Å². The van der Waals surface area contributed by atoms with Crippen molar-refractivity contribution in [2.24, 2.45) is 5.92 Å². The summed E-state index contributed by atoms with van der Waals surface area (Å²) in [7, 11) is 0. The maximum absolute atomic E-state index is 5.46. The summed E-state index contributed by atoms with van der Waals surface area (Å²) >= 11 is 0. The standard InChI is InChI=1S/C12H25NO/c1-12(2,3)13-8-4-6-11-7-5-9-14-10-11/h11,13H,4-10H2,1-3H3. The molecule has 1 atom stereocenters. The molecule has 2 nitrogen and oxygen atoms in total. The number of nitrogens with one attached hydrogen (secondary N) is 1. The largest absolute Gasteiger partial charge is 0.381 e. The van der Waals surface area contributed by atoms with Crippen molar-refractivity contribution >= 4 is 0 Å². The second-order valence-corrected chi connectivity index (χ2v) is 5.40. The normalized spacial score (nSPS) is 23.8. The van der Waals surface area contributed by atoms with E-state index in [1.165, 1.54) is 25.7 Å². The summed E-state index contributed by atoms with van der Waals surface area (Å²) in [6.45, 7) is 9.77. The van der Waals surface area contributed by atoms with Crippen molar-refractivity contribution in [1.82, 2.24) is 5.32 Å². The highest BCUT2D eigenvalue weighted by molar-refractivity contribution is 4.71. The minimum absolute atomic E-state index is 0.267. The highest BCUT2D eigenvalue weighted by Gasteiger charge is 2.14. The van der Waals surface area contributed by atoms with Gasteiger partial charge in [0.05, 0.1) is 0 Å². The average molecular weight is 199 g/mol. The van der Waals surface area contributed by atoms with Gasteiger partial charge >= 0.3 is 0 Å². The number of hydrogen-bond donors (Lipinski definition) is 1. The van der Waals surface area contributed by atoms with Crippen molar-refractivity contribution in [3.8, 4) is 0 Å². The summed E-state index contributed by atoms with van der Waals surface area (Å²) in [6.07, 6.45) is 5.24. The maximum atomic E-state index is 5.46. The first-order valence-corrected chi connectivity index (χ1v) is 5.91. The summed E-state index contributed by atoms with van der Waals surface area (Å²) in [5.41, 5.74) is 0.267. The van der Waals surface area contributed by atoms with Crippen LogP contribution < -0.4 is 5.32 Å². The van der Waals surface area contributed by atoms with E-state index >= 15 is 0 Å².